The zero-order valence-corrected chi connectivity index (χ0v) is 13.6. The first-order valence-corrected chi connectivity index (χ1v) is 7.96. The molecule has 0 aliphatic rings. The molecule has 0 spiro atoms. The van der Waals surface area contributed by atoms with Gasteiger partial charge in [-0.3, -0.25) is 0 Å². The summed E-state index contributed by atoms with van der Waals surface area (Å²) in [6.07, 6.45) is 7.94. The highest BCUT2D eigenvalue weighted by atomic mass is 15.1. The van der Waals surface area contributed by atoms with E-state index in [4.69, 9.17) is 0 Å². The highest BCUT2D eigenvalue weighted by Crippen LogP contribution is 2.16. The Morgan fingerprint density at radius 1 is 1.00 bits per heavy atom. The summed E-state index contributed by atoms with van der Waals surface area (Å²) in [5, 5.41) is 3.73. The summed E-state index contributed by atoms with van der Waals surface area (Å²) in [7, 11) is 4.43. The van der Waals surface area contributed by atoms with Crippen LogP contribution in [0.1, 0.15) is 66.2 Å². The molecule has 1 N–H and O–H groups in total. The molecule has 0 bridgehead atoms. The van der Waals surface area contributed by atoms with Gasteiger partial charge < -0.3 is 10.2 Å². The second kappa shape index (κ2) is 10.8. The number of likely N-dealkylation sites (N-methyl/N-ethyl adjacent to an activating group) is 1. The maximum absolute atomic E-state index is 3.73. The lowest BCUT2D eigenvalue weighted by Gasteiger charge is -2.32. The molecule has 0 rings (SSSR count). The standard InChI is InChI=1S/C16H36N2/c1-7-10-11-12-14(4)17-13-16(18(5)6)15(8-2)9-3/h14-17H,7-13H2,1-6H3. The van der Waals surface area contributed by atoms with E-state index in [0.717, 1.165) is 12.5 Å². The third-order valence-corrected chi connectivity index (χ3v) is 4.17. The Balaban J connectivity index is 4.02. The van der Waals surface area contributed by atoms with Crippen LogP contribution >= 0.6 is 0 Å². The van der Waals surface area contributed by atoms with Gasteiger partial charge in [-0.2, -0.15) is 0 Å². The van der Waals surface area contributed by atoms with Gasteiger partial charge in [0.25, 0.3) is 0 Å². The maximum Gasteiger partial charge on any atom is 0.0242 e. The number of hydrogen-bond donors (Lipinski definition) is 1. The van der Waals surface area contributed by atoms with Crippen molar-refractivity contribution in [2.24, 2.45) is 5.92 Å². The molecule has 2 nitrogen and oxygen atoms in total. The number of nitrogens with zero attached hydrogens (tertiary/aromatic N) is 1. The highest BCUT2D eigenvalue weighted by molar-refractivity contribution is 4.78. The van der Waals surface area contributed by atoms with Gasteiger partial charge in [-0.1, -0.05) is 52.9 Å². The molecule has 2 heteroatoms. The van der Waals surface area contributed by atoms with Crippen LogP contribution in [0.25, 0.3) is 0 Å². The van der Waals surface area contributed by atoms with Crippen LogP contribution in [-0.4, -0.2) is 37.6 Å². The average molecular weight is 256 g/mol. The number of nitrogens with one attached hydrogen (secondary N) is 1. The number of rotatable bonds is 11. The SMILES string of the molecule is CCCCCC(C)NCC(C(CC)CC)N(C)C. The van der Waals surface area contributed by atoms with E-state index in [9.17, 15) is 0 Å². The molecule has 0 amide bonds. The first-order valence-electron chi connectivity index (χ1n) is 7.96. The van der Waals surface area contributed by atoms with Crippen molar-refractivity contribution in [2.75, 3.05) is 20.6 Å². The minimum absolute atomic E-state index is 0.661. The minimum Gasteiger partial charge on any atom is -0.313 e. The summed E-state index contributed by atoms with van der Waals surface area (Å²) in [4.78, 5) is 2.39. The van der Waals surface area contributed by atoms with Crippen molar-refractivity contribution in [2.45, 2.75) is 78.3 Å². The normalized spacial score (nSPS) is 15.3. The third kappa shape index (κ3) is 7.38. The predicted octanol–water partition coefficient (Wildman–Crippen LogP) is 3.91. The fraction of sp³-hybridized carbons (Fsp3) is 1.00. The van der Waals surface area contributed by atoms with Crippen LogP contribution in [0.4, 0.5) is 0 Å². The van der Waals surface area contributed by atoms with Crippen molar-refractivity contribution < 1.29 is 0 Å². The molecule has 2 unspecified atom stereocenters. The lowest BCUT2D eigenvalue weighted by Crippen LogP contribution is -2.45. The summed E-state index contributed by atoms with van der Waals surface area (Å²) in [6.45, 7) is 10.4. The van der Waals surface area contributed by atoms with Crippen molar-refractivity contribution in [3.63, 3.8) is 0 Å². The van der Waals surface area contributed by atoms with Gasteiger partial charge >= 0.3 is 0 Å². The Kier molecular flexibility index (Phi) is 10.8. The zero-order chi connectivity index (χ0) is 14.0. The fourth-order valence-corrected chi connectivity index (χ4v) is 2.73. The van der Waals surface area contributed by atoms with Gasteiger partial charge in [-0.25, -0.2) is 0 Å². The number of unbranched alkanes of at least 4 members (excludes halogenated alkanes) is 2. The second-order valence-corrected chi connectivity index (χ2v) is 5.91. The van der Waals surface area contributed by atoms with Crippen LogP contribution in [0.5, 0.6) is 0 Å². The van der Waals surface area contributed by atoms with Crippen LogP contribution in [0.2, 0.25) is 0 Å². The molecule has 0 saturated heterocycles. The van der Waals surface area contributed by atoms with Crippen molar-refractivity contribution >= 4 is 0 Å². The summed E-state index contributed by atoms with van der Waals surface area (Å²) >= 11 is 0. The summed E-state index contributed by atoms with van der Waals surface area (Å²) < 4.78 is 0. The molecule has 18 heavy (non-hydrogen) atoms. The van der Waals surface area contributed by atoms with Gasteiger partial charge in [0.2, 0.25) is 0 Å². The molecular formula is C16H36N2. The van der Waals surface area contributed by atoms with Crippen LogP contribution < -0.4 is 5.32 Å². The summed E-state index contributed by atoms with van der Waals surface area (Å²) in [6, 6.07) is 1.34. The molecular weight excluding hydrogens is 220 g/mol. The first-order chi connectivity index (χ1) is 8.56. The Hall–Kier alpha value is -0.0800. The van der Waals surface area contributed by atoms with Gasteiger partial charge in [0, 0.05) is 18.6 Å². The Morgan fingerprint density at radius 3 is 2.06 bits per heavy atom. The van der Waals surface area contributed by atoms with Gasteiger partial charge in [0.1, 0.15) is 0 Å². The van der Waals surface area contributed by atoms with E-state index < -0.39 is 0 Å². The topological polar surface area (TPSA) is 15.3 Å². The van der Waals surface area contributed by atoms with E-state index in [1.54, 1.807) is 0 Å². The predicted molar refractivity (Wildman–Crippen MR) is 83.2 cm³/mol. The Bertz CT molecular complexity index is 176. The van der Waals surface area contributed by atoms with Gasteiger partial charge in [0.05, 0.1) is 0 Å². The fourth-order valence-electron chi connectivity index (χ4n) is 2.73. The zero-order valence-electron chi connectivity index (χ0n) is 13.6. The van der Waals surface area contributed by atoms with E-state index >= 15 is 0 Å². The molecule has 0 aliphatic carbocycles. The van der Waals surface area contributed by atoms with Crippen molar-refractivity contribution in [3.05, 3.63) is 0 Å². The van der Waals surface area contributed by atoms with Gasteiger partial charge in [-0.05, 0) is 33.4 Å². The van der Waals surface area contributed by atoms with E-state index in [0.29, 0.717) is 12.1 Å². The molecule has 0 fully saturated rings. The quantitative estimate of drug-likeness (QED) is 0.564. The van der Waals surface area contributed by atoms with Crippen molar-refractivity contribution in [1.29, 1.82) is 0 Å². The smallest absolute Gasteiger partial charge is 0.0242 e. The van der Waals surface area contributed by atoms with Crippen LogP contribution in [0, 0.1) is 5.92 Å². The van der Waals surface area contributed by atoms with Gasteiger partial charge in [0.15, 0.2) is 0 Å². The maximum atomic E-state index is 3.73. The summed E-state index contributed by atoms with van der Waals surface area (Å²) in [5.74, 6) is 0.815. The average Bonchev–Trinajstić information content (AvgIpc) is 2.34. The molecule has 0 aromatic heterocycles. The van der Waals surface area contributed by atoms with E-state index in [-0.39, 0.29) is 0 Å². The van der Waals surface area contributed by atoms with E-state index in [1.807, 2.05) is 0 Å². The Labute approximate surface area is 116 Å². The van der Waals surface area contributed by atoms with Crippen LogP contribution in [0.15, 0.2) is 0 Å². The molecule has 0 aliphatic heterocycles. The third-order valence-electron chi connectivity index (χ3n) is 4.17. The van der Waals surface area contributed by atoms with E-state index in [1.165, 1.54) is 38.5 Å². The monoisotopic (exact) mass is 256 g/mol. The lowest BCUT2D eigenvalue weighted by atomic mass is 9.93. The summed E-state index contributed by atoms with van der Waals surface area (Å²) in [5.41, 5.74) is 0. The van der Waals surface area contributed by atoms with Crippen molar-refractivity contribution in [3.8, 4) is 0 Å². The molecule has 0 radical (unpaired) electrons. The molecule has 0 aromatic rings. The van der Waals surface area contributed by atoms with Crippen molar-refractivity contribution in [1.82, 2.24) is 10.2 Å². The molecule has 2 atom stereocenters. The molecule has 0 heterocycles. The molecule has 0 aromatic carbocycles. The van der Waals surface area contributed by atoms with E-state index in [2.05, 4.69) is 52.0 Å². The first kappa shape index (κ1) is 17.9. The minimum atomic E-state index is 0.661. The van der Waals surface area contributed by atoms with Crippen LogP contribution in [-0.2, 0) is 0 Å². The molecule has 110 valence electrons. The molecule has 0 saturated carbocycles. The van der Waals surface area contributed by atoms with Gasteiger partial charge in [-0.15, -0.1) is 0 Å². The lowest BCUT2D eigenvalue weighted by molar-refractivity contribution is 0.189. The largest absolute Gasteiger partial charge is 0.313 e. The van der Waals surface area contributed by atoms with Crippen LogP contribution in [0.3, 0.4) is 0 Å². The Morgan fingerprint density at radius 2 is 1.61 bits per heavy atom. The second-order valence-electron chi connectivity index (χ2n) is 5.91. The number of hydrogen-bond acceptors (Lipinski definition) is 2. The highest BCUT2D eigenvalue weighted by Gasteiger charge is 2.20.